The topological polar surface area (TPSA) is 33.7 Å². The van der Waals surface area contributed by atoms with Gasteiger partial charge in [0, 0.05) is 65.4 Å². The molecule has 0 amide bonds. The number of rotatable bonds is 6. The fourth-order valence-corrected chi connectivity index (χ4v) is 4.11. The molecule has 0 unspecified atom stereocenters. The Bertz CT molecular complexity index is 488. The summed E-state index contributed by atoms with van der Waals surface area (Å²) in [7, 11) is 1.85. The van der Waals surface area contributed by atoms with Crippen molar-refractivity contribution in [2.24, 2.45) is 5.92 Å². The smallest absolute Gasteiger partial charge is 0.0846 e. The molecule has 4 heteroatoms. The van der Waals surface area contributed by atoms with Crippen molar-refractivity contribution in [2.75, 3.05) is 40.0 Å². The molecule has 0 spiro atoms. The van der Waals surface area contributed by atoms with Gasteiger partial charge >= 0.3 is 0 Å². The highest BCUT2D eigenvalue weighted by Crippen LogP contribution is 2.25. The average Bonchev–Trinajstić information content (AvgIpc) is 2.61. The molecule has 134 valence electrons. The van der Waals surface area contributed by atoms with Crippen LogP contribution in [0.4, 0.5) is 0 Å². The Labute approximate surface area is 146 Å². The van der Waals surface area contributed by atoms with Crippen LogP contribution in [0.15, 0.2) is 30.3 Å². The van der Waals surface area contributed by atoms with E-state index in [2.05, 4.69) is 47.5 Å². The predicted molar refractivity (Wildman–Crippen MR) is 97.1 cm³/mol. The van der Waals surface area contributed by atoms with Crippen molar-refractivity contribution in [1.29, 1.82) is 0 Å². The minimum atomic E-state index is -0.0385. The molecular formula is C20H32N2O2. The van der Waals surface area contributed by atoms with E-state index in [1.807, 2.05) is 7.11 Å². The van der Waals surface area contributed by atoms with Crippen molar-refractivity contribution in [3.63, 3.8) is 0 Å². The molecular weight excluding hydrogens is 300 g/mol. The second-order valence-corrected chi connectivity index (χ2v) is 7.60. The van der Waals surface area contributed by atoms with E-state index in [4.69, 9.17) is 9.47 Å². The van der Waals surface area contributed by atoms with Crippen LogP contribution in [0.1, 0.15) is 31.7 Å². The summed E-state index contributed by atoms with van der Waals surface area (Å²) in [6.45, 7) is 8.29. The van der Waals surface area contributed by atoms with Crippen LogP contribution in [0.25, 0.3) is 0 Å². The van der Waals surface area contributed by atoms with Crippen LogP contribution < -0.4 is 5.32 Å². The highest BCUT2D eigenvalue weighted by atomic mass is 16.5. The third-order valence-corrected chi connectivity index (χ3v) is 5.53. The Morgan fingerprint density at radius 2 is 1.96 bits per heavy atom. The fourth-order valence-electron chi connectivity index (χ4n) is 4.11. The van der Waals surface area contributed by atoms with Gasteiger partial charge in [0.05, 0.1) is 5.60 Å². The second kappa shape index (κ2) is 8.43. The molecule has 2 fully saturated rings. The number of hydrogen-bond donors (Lipinski definition) is 1. The minimum absolute atomic E-state index is 0.0385. The maximum Gasteiger partial charge on any atom is 0.0846 e. The molecule has 24 heavy (non-hydrogen) atoms. The lowest BCUT2D eigenvalue weighted by atomic mass is 9.91. The molecule has 1 N–H and O–H groups in total. The lowest BCUT2D eigenvalue weighted by Crippen LogP contribution is -2.54. The first-order chi connectivity index (χ1) is 11.7. The van der Waals surface area contributed by atoms with Crippen LogP contribution in [-0.2, 0) is 16.0 Å². The van der Waals surface area contributed by atoms with Gasteiger partial charge in [-0.25, -0.2) is 0 Å². The van der Waals surface area contributed by atoms with E-state index in [1.54, 1.807) is 0 Å². The molecule has 3 rings (SSSR count). The summed E-state index contributed by atoms with van der Waals surface area (Å²) in [6, 6.07) is 11.3. The van der Waals surface area contributed by atoms with Gasteiger partial charge in [0.25, 0.3) is 0 Å². The van der Waals surface area contributed by atoms with Crippen LogP contribution in [0.5, 0.6) is 0 Å². The number of hydrogen-bond acceptors (Lipinski definition) is 4. The van der Waals surface area contributed by atoms with E-state index in [-0.39, 0.29) is 5.60 Å². The Morgan fingerprint density at radius 1 is 1.21 bits per heavy atom. The van der Waals surface area contributed by atoms with Crippen LogP contribution in [-0.4, -0.2) is 56.5 Å². The van der Waals surface area contributed by atoms with Gasteiger partial charge in [-0.2, -0.15) is 0 Å². The van der Waals surface area contributed by atoms with Crippen LogP contribution in [0.2, 0.25) is 0 Å². The Hall–Kier alpha value is -0.940. The van der Waals surface area contributed by atoms with Crippen molar-refractivity contribution in [1.82, 2.24) is 10.2 Å². The number of ether oxygens (including phenoxy) is 2. The Kier molecular flexibility index (Phi) is 6.28. The second-order valence-electron chi connectivity index (χ2n) is 7.60. The summed E-state index contributed by atoms with van der Waals surface area (Å²) in [6.07, 6.45) is 3.24. The van der Waals surface area contributed by atoms with Gasteiger partial charge in [-0.1, -0.05) is 37.3 Å². The van der Waals surface area contributed by atoms with E-state index in [0.29, 0.717) is 6.04 Å². The van der Waals surface area contributed by atoms with Gasteiger partial charge in [-0.3, -0.25) is 4.90 Å². The van der Waals surface area contributed by atoms with Crippen molar-refractivity contribution in [3.05, 3.63) is 35.9 Å². The maximum absolute atomic E-state index is 5.86. The maximum atomic E-state index is 5.86. The average molecular weight is 332 g/mol. The van der Waals surface area contributed by atoms with E-state index in [1.165, 1.54) is 18.5 Å². The molecule has 0 aromatic heterocycles. The van der Waals surface area contributed by atoms with Gasteiger partial charge < -0.3 is 14.8 Å². The summed E-state index contributed by atoms with van der Waals surface area (Å²) >= 11 is 0. The molecule has 2 aliphatic rings. The highest BCUT2D eigenvalue weighted by Gasteiger charge is 2.34. The van der Waals surface area contributed by atoms with Crippen LogP contribution in [0, 0.1) is 5.92 Å². The third kappa shape index (κ3) is 4.79. The molecule has 0 aliphatic carbocycles. The Balaban J connectivity index is 1.53. The monoisotopic (exact) mass is 332 g/mol. The van der Waals surface area contributed by atoms with Gasteiger partial charge in [-0.15, -0.1) is 0 Å². The third-order valence-electron chi connectivity index (χ3n) is 5.53. The summed E-state index contributed by atoms with van der Waals surface area (Å²) in [5, 5.41) is 3.81. The summed E-state index contributed by atoms with van der Waals surface area (Å²) in [4.78, 5) is 2.59. The fraction of sp³-hybridized carbons (Fsp3) is 0.700. The van der Waals surface area contributed by atoms with E-state index in [9.17, 15) is 0 Å². The molecule has 2 heterocycles. The summed E-state index contributed by atoms with van der Waals surface area (Å²) in [5.41, 5.74) is 1.37. The molecule has 2 atom stereocenters. The van der Waals surface area contributed by atoms with Gasteiger partial charge in [-0.05, 0) is 17.9 Å². The number of piperidine rings is 1. The zero-order valence-electron chi connectivity index (χ0n) is 15.2. The SMILES string of the molecule is COC1(CN[C@H]2C[C@H](C)CN(Cc3ccccc3)C2)CCOCC1. The normalized spacial score (nSPS) is 27.9. The molecule has 0 bridgehead atoms. The number of likely N-dealkylation sites (tertiary alicyclic amines) is 1. The molecule has 0 radical (unpaired) electrons. The highest BCUT2D eigenvalue weighted by molar-refractivity contribution is 5.14. The molecule has 1 aromatic rings. The van der Waals surface area contributed by atoms with Crippen molar-refractivity contribution in [2.45, 2.75) is 44.4 Å². The first-order valence-electron chi connectivity index (χ1n) is 9.32. The number of benzene rings is 1. The zero-order valence-corrected chi connectivity index (χ0v) is 15.2. The number of methoxy groups -OCH3 is 1. The molecule has 4 nitrogen and oxygen atoms in total. The van der Waals surface area contributed by atoms with E-state index in [0.717, 1.165) is 51.6 Å². The number of nitrogens with one attached hydrogen (secondary N) is 1. The first kappa shape index (κ1) is 17.9. The quantitative estimate of drug-likeness (QED) is 0.868. The molecule has 2 saturated heterocycles. The van der Waals surface area contributed by atoms with Crippen LogP contribution in [0.3, 0.4) is 0 Å². The van der Waals surface area contributed by atoms with Crippen molar-refractivity contribution in [3.8, 4) is 0 Å². The van der Waals surface area contributed by atoms with Crippen LogP contribution >= 0.6 is 0 Å². The molecule has 1 aromatic carbocycles. The first-order valence-corrected chi connectivity index (χ1v) is 9.32. The Morgan fingerprint density at radius 3 is 2.67 bits per heavy atom. The van der Waals surface area contributed by atoms with Crippen molar-refractivity contribution < 1.29 is 9.47 Å². The lowest BCUT2D eigenvalue weighted by molar-refractivity contribution is -0.0896. The van der Waals surface area contributed by atoms with E-state index >= 15 is 0 Å². The molecule has 0 saturated carbocycles. The zero-order chi connectivity index (χ0) is 16.8. The van der Waals surface area contributed by atoms with E-state index < -0.39 is 0 Å². The van der Waals surface area contributed by atoms with Gasteiger partial charge in [0.1, 0.15) is 0 Å². The van der Waals surface area contributed by atoms with Crippen molar-refractivity contribution >= 4 is 0 Å². The van der Waals surface area contributed by atoms with Gasteiger partial charge in [0.15, 0.2) is 0 Å². The largest absolute Gasteiger partial charge is 0.381 e. The standard InChI is InChI=1S/C20H32N2O2/c1-17-12-19(21-16-20(23-2)8-10-24-11-9-20)15-22(13-17)14-18-6-4-3-5-7-18/h3-7,17,19,21H,8-16H2,1-2H3/t17-,19-/m0/s1. The lowest BCUT2D eigenvalue weighted by Gasteiger charge is -2.41. The number of nitrogens with zero attached hydrogens (tertiary/aromatic N) is 1. The predicted octanol–water partition coefficient (Wildman–Crippen LogP) is 2.68. The molecule has 2 aliphatic heterocycles. The van der Waals surface area contributed by atoms with Gasteiger partial charge in [0.2, 0.25) is 0 Å². The summed E-state index contributed by atoms with van der Waals surface area (Å²) in [5.74, 6) is 0.730. The summed E-state index contributed by atoms with van der Waals surface area (Å²) < 4.78 is 11.4. The minimum Gasteiger partial charge on any atom is -0.381 e.